The molecular weight excluding hydrogens is 331 g/mol. The molecule has 0 bridgehead atoms. The van der Waals surface area contributed by atoms with E-state index in [9.17, 15) is 19.3 Å². The Morgan fingerprint density at radius 3 is 2.92 bits per heavy atom. The van der Waals surface area contributed by atoms with Gasteiger partial charge in [-0.1, -0.05) is 18.2 Å². The van der Waals surface area contributed by atoms with Crippen LogP contribution in [0.4, 0.5) is 15.9 Å². The van der Waals surface area contributed by atoms with Gasteiger partial charge in [0.2, 0.25) is 5.69 Å². The van der Waals surface area contributed by atoms with Crippen molar-refractivity contribution in [2.24, 2.45) is 0 Å². The summed E-state index contributed by atoms with van der Waals surface area (Å²) in [6, 6.07) is 7.90. The van der Waals surface area contributed by atoms with Crippen molar-refractivity contribution in [1.82, 2.24) is 20.0 Å². The summed E-state index contributed by atoms with van der Waals surface area (Å²) in [4.78, 5) is 22.3. The largest absolute Gasteiger partial charge is 0.319 e. The van der Waals surface area contributed by atoms with Crippen LogP contribution in [0.2, 0.25) is 0 Å². The van der Waals surface area contributed by atoms with Gasteiger partial charge in [-0.25, -0.2) is 4.39 Å². The minimum atomic E-state index is -0.736. The average Bonchev–Trinajstić information content (AvgIpc) is 3.17. The van der Waals surface area contributed by atoms with Crippen molar-refractivity contribution in [3.8, 4) is 0 Å². The van der Waals surface area contributed by atoms with Crippen LogP contribution in [0.15, 0.2) is 36.5 Å². The van der Waals surface area contributed by atoms with E-state index in [1.54, 1.807) is 31.2 Å². The zero-order valence-corrected chi connectivity index (χ0v) is 13.1. The molecule has 0 aliphatic heterocycles. The Morgan fingerprint density at radius 1 is 1.44 bits per heavy atom. The summed E-state index contributed by atoms with van der Waals surface area (Å²) < 4.78 is 15.3. The number of hydrogen-bond acceptors (Lipinski definition) is 5. The Bertz CT molecular complexity index is 948. The van der Waals surface area contributed by atoms with E-state index < -0.39 is 16.5 Å². The number of aromatic nitrogens is 4. The Hall–Kier alpha value is -3.56. The molecule has 10 heteroatoms. The third kappa shape index (κ3) is 3.37. The minimum Gasteiger partial charge on any atom is -0.304 e. The Labute approximate surface area is 140 Å². The molecular formula is C15H13FN6O3. The molecule has 2 N–H and O–H groups in total. The second-order valence-electron chi connectivity index (χ2n) is 5.26. The zero-order valence-electron chi connectivity index (χ0n) is 13.1. The number of nitrogens with one attached hydrogen (secondary N) is 2. The number of nitrogens with zero attached hydrogens (tertiary/aromatic N) is 4. The molecule has 0 radical (unpaired) electrons. The molecule has 0 aliphatic carbocycles. The van der Waals surface area contributed by atoms with Crippen LogP contribution in [0.5, 0.6) is 0 Å². The lowest BCUT2D eigenvalue weighted by atomic mass is 10.2. The lowest BCUT2D eigenvalue weighted by Crippen LogP contribution is -2.15. The molecule has 3 rings (SSSR count). The van der Waals surface area contributed by atoms with Crippen molar-refractivity contribution < 1.29 is 14.1 Å². The highest BCUT2D eigenvalue weighted by Gasteiger charge is 2.23. The van der Waals surface area contributed by atoms with E-state index in [0.717, 1.165) is 6.20 Å². The maximum absolute atomic E-state index is 13.7. The van der Waals surface area contributed by atoms with Crippen molar-refractivity contribution >= 4 is 17.4 Å². The van der Waals surface area contributed by atoms with Crippen LogP contribution in [-0.4, -0.2) is 30.8 Å². The molecule has 1 amide bonds. The maximum atomic E-state index is 13.7. The van der Waals surface area contributed by atoms with Crippen molar-refractivity contribution in [3.05, 3.63) is 69.4 Å². The van der Waals surface area contributed by atoms with Crippen LogP contribution >= 0.6 is 0 Å². The second-order valence-corrected chi connectivity index (χ2v) is 5.26. The predicted molar refractivity (Wildman–Crippen MR) is 85.7 cm³/mol. The number of halogens is 1. The van der Waals surface area contributed by atoms with Crippen LogP contribution in [0, 0.1) is 22.9 Å². The van der Waals surface area contributed by atoms with Crippen molar-refractivity contribution in [2.45, 2.75) is 13.5 Å². The van der Waals surface area contributed by atoms with Gasteiger partial charge in [0.15, 0.2) is 5.82 Å². The molecule has 0 unspecified atom stereocenters. The lowest BCUT2D eigenvalue weighted by Gasteiger charge is -2.05. The molecule has 25 heavy (non-hydrogen) atoms. The molecule has 9 nitrogen and oxygen atoms in total. The molecule has 1 aromatic carbocycles. The van der Waals surface area contributed by atoms with Gasteiger partial charge in [0.05, 0.1) is 11.5 Å². The molecule has 0 atom stereocenters. The molecule has 128 valence electrons. The van der Waals surface area contributed by atoms with Gasteiger partial charge in [-0.15, -0.1) is 0 Å². The number of H-pyrrole nitrogens is 1. The van der Waals surface area contributed by atoms with E-state index in [0.29, 0.717) is 11.3 Å². The van der Waals surface area contributed by atoms with Crippen LogP contribution in [0.3, 0.4) is 0 Å². The first-order valence-electron chi connectivity index (χ1n) is 7.22. The standard InChI is InChI=1S/C15H13FN6O3/c1-9-6-13(18-15(23)14-12(22(24)25)7-17-19-14)20-21(9)8-10-4-2-3-5-11(10)16/h2-7H,8H2,1H3,(H,17,19)(H,18,20,23). The first-order valence-corrected chi connectivity index (χ1v) is 7.22. The third-order valence-electron chi connectivity index (χ3n) is 3.54. The van der Waals surface area contributed by atoms with E-state index in [1.165, 1.54) is 10.7 Å². The number of aromatic amines is 1. The van der Waals surface area contributed by atoms with Gasteiger partial charge in [-0.3, -0.25) is 24.7 Å². The number of nitro groups is 1. The summed E-state index contributed by atoms with van der Waals surface area (Å²) in [7, 11) is 0. The number of aryl methyl sites for hydroxylation is 1. The van der Waals surface area contributed by atoms with Gasteiger partial charge >= 0.3 is 5.69 Å². The van der Waals surface area contributed by atoms with Crippen molar-refractivity contribution in [2.75, 3.05) is 5.32 Å². The first kappa shape index (κ1) is 16.3. The van der Waals surface area contributed by atoms with Gasteiger partial charge in [-0.2, -0.15) is 10.2 Å². The Balaban J connectivity index is 1.78. The van der Waals surface area contributed by atoms with Gasteiger partial charge < -0.3 is 5.32 Å². The molecule has 0 saturated heterocycles. The lowest BCUT2D eigenvalue weighted by molar-refractivity contribution is -0.385. The SMILES string of the molecule is Cc1cc(NC(=O)c2[nH]ncc2[N+](=O)[O-])nn1Cc1ccccc1F. The summed E-state index contributed by atoms with van der Waals surface area (Å²) in [5.74, 6) is -0.890. The summed E-state index contributed by atoms with van der Waals surface area (Å²) in [6.07, 6.45) is 0.955. The fourth-order valence-electron chi connectivity index (χ4n) is 2.28. The molecule has 0 aliphatic rings. The fourth-order valence-corrected chi connectivity index (χ4v) is 2.28. The number of anilines is 1. The summed E-state index contributed by atoms with van der Waals surface area (Å²) >= 11 is 0. The van der Waals surface area contributed by atoms with Gasteiger partial charge in [0, 0.05) is 17.3 Å². The van der Waals surface area contributed by atoms with E-state index >= 15 is 0 Å². The number of rotatable bonds is 5. The van der Waals surface area contributed by atoms with E-state index in [1.807, 2.05) is 0 Å². The molecule has 0 saturated carbocycles. The number of carbonyl (C=O) groups excluding carboxylic acids is 1. The first-order chi connectivity index (χ1) is 12.0. The second kappa shape index (κ2) is 6.51. The number of carbonyl (C=O) groups is 1. The quantitative estimate of drug-likeness (QED) is 0.543. The average molecular weight is 344 g/mol. The van der Waals surface area contributed by atoms with Crippen molar-refractivity contribution in [1.29, 1.82) is 0 Å². The van der Waals surface area contributed by atoms with Gasteiger partial charge in [-0.05, 0) is 13.0 Å². The van der Waals surface area contributed by atoms with Crippen LogP contribution < -0.4 is 5.32 Å². The summed E-state index contributed by atoms with van der Waals surface area (Å²) in [5.41, 5.74) is 0.444. The summed E-state index contributed by atoms with van der Waals surface area (Å²) in [6.45, 7) is 1.95. The topological polar surface area (TPSA) is 119 Å². The van der Waals surface area contributed by atoms with E-state index in [-0.39, 0.29) is 23.9 Å². The Kier molecular flexibility index (Phi) is 4.25. The molecule has 2 aromatic heterocycles. The monoisotopic (exact) mass is 344 g/mol. The zero-order chi connectivity index (χ0) is 18.0. The van der Waals surface area contributed by atoms with Crippen LogP contribution in [0.1, 0.15) is 21.7 Å². The van der Waals surface area contributed by atoms with E-state index in [2.05, 4.69) is 20.6 Å². The molecule has 0 fully saturated rings. The fraction of sp³-hybridized carbons (Fsp3) is 0.133. The smallest absolute Gasteiger partial charge is 0.304 e. The number of hydrogen-bond donors (Lipinski definition) is 2. The number of amides is 1. The minimum absolute atomic E-state index is 0.193. The predicted octanol–water partition coefficient (Wildman–Crippen LogP) is 2.26. The molecule has 3 aromatic rings. The normalized spacial score (nSPS) is 10.6. The highest BCUT2D eigenvalue weighted by Crippen LogP contribution is 2.18. The Morgan fingerprint density at radius 2 is 2.20 bits per heavy atom. The van der Waals surface area contributed by atoms with Crippen LogP contribution in [0.25, 0.3) is 0 Å². The van der Waals surface area contributed by atoms with Crippen molar-refractivity contribution in [3.63, 3.8) is 0 Å². The highest BCUT2D eigenvalue weighted by molar-refractivity contribution is 6.05. The van der Waals surface area contributed by atoms with Gasteiger partial charge in [0.1, 0.15) is 12.0 Å². The van der Waals surface area contributed by atoms with Crippen LogP contribution in [-0.2, 0) is 6.54 Å². The third-order valence-corrected chi connectivity index (χ3v) is 3.54. The number of benzene rings is 1. The van der Waals surface area contributed by atoms with E-state index in [4.69, 9.17) is 0 Å². The van der Waals surface area contributed by atoms with Gasteiger partial charge in [0.25, 0.3) is 5.91 Å². The maximum Gasteiger partial charge on any atom is 0.319 e. The summed E-state index contributed by atoms with van der Waals surface area (Å²) in [5, 5.41) is 23.3. The molecule has 2 heterocycles. The molecule has 0 spiro atoms. The highest BCUT2D eigenvalue weighted by atomic mass is 19.1.